The fourth-order valence-corrected chi connectivity index (χ4v) is 4.38. The Hall–Kier alpha value is -2.16. The van der Waals surface area contributed by atoms with Crippen LogP contribution in [0, 0.1) is 13.8 Å². The fourth-order valence-electron chi connectivity index (χ4n) is 2.50. The number of fused-ring (bicyclic) bond motifs is 1. The molecule has 0 saturated heterocycles. The molecule has 0 saturated carbocycles. The topological polar surface area (TPSA) is 84.7 Å². The van der Waals surface area contributed by atoms with Gasteiger partial charge in [0.25, 0.3) is 10.8 Å². The number of aromatic nitrogens is 4. The second-order valence-electron chi connectivity index (χ2n) is 5.65. The first-order chi connectivity index (χ1) is 12.5. The van der Waals surface area contributed by atoms with Gasteiger partial charge in [-0.05, 0) is 37.6 Å². The molecule has 132 valence electrons. The molecule has 0 radical (unpaired) electrons. The smallest absolute Gasteiger partial charge is 0.277 e. The molecule has 6 nitrogen and oxygen atoms in total. The van der Waals surface area contributed by atoms with Crippen molar-refractivity contribution in [3.05, 3.63) is 55.9 Å². The van der Waals surface area contributed by atoms with E-state index in [0.717, 1.165) is 20.8 Å². The average Bonchev–Trinajstić information content (AvgIpc) is 3.18. The van der Waals surface area contributed by atoms with E-state index in [1.165, 1.54) is 23.1 Å². The normalized spacial score (nSPS) is 11.3. The number of halogens is 1. The van der Waals surface area contributed by atoms with E-state index in [4.69, 9.17) is 16.0 Å². The lowest BCUT2D eigenvalue weighted by atomic mass is 10.2. The molecule has 0 fully saturated rings. The zero-order chi connectivity index (χ0) is 18.3. The van der Waals surface area contributed by atoms with Crippen molar-refractivity contribution in [1.82, 2.24) is 20.2 Å². The van der Waals surface area contributed by atoms with Crippen LogP contribution in [0.5, 0.6) is 0 Å². The number of hydrogen-bond donors (Lipinski definition) is 1. The molecule has 0 aliphatic heterocycles. The Bertz CT molecular complexity index is 1170. The van der Waals surface area contributed by atoms with Crippen LogP contribution in [0.4, 0.5) is 0 Å². The van der Waals surface area contributed by atoms with Gasteiger partial charge in [0.15, 0.2) is 0 Å². The van der Waals surface area contributed by atoms with E-state index in [2.05, 4.69) is 20.2 Å². The van der Waals surface area contributed by atoms with E-state index in [9.17, 15) is 4.79 Å². The second kappa shape index (κ2) is 6.86. The van der Waals surface area contributed by atoms with Crippen molar-refractivity contribution in [3.63, 3.8) is 0 Å². The van der Waals surface area contributed by atoms with Gasteiger partial charge in [-0.1, -0.05) is 29.4 Å². The highest BCUT2D eigenvalue weighted by molar-refractivity contribution is 7.98. The maximum absolute atomic E-state index is 12.3. The van der Waals surface area contributed by atoms with Crippen molar-refractivity contribution in [1.29, 1.82) is 0 Å². The van der Waals surface area contributed by atoms with Crippen molar-refractivity contribution in [2.75, 3.05) is 0 Å². The number of thioether (sulfide) groups is 1. The standard InChI is InChI=1S/C17H13ClN4O2S2/c1-8-9(2)26-16-13(8)14(23)19-12(20-16)7-25-17-22-21-15(24-17)10-4-3-5-11(18)6-10/h3-6H,7H2,1-2H3,(H,19,20,23). The lowest BCUT2D eigenvalue weighted by Crippen LogP contribution is -2.10. The van der Waals surface area contributed by atoms with E-state index in [1.807, 2.05) is 26.0 Å². The van der Waals surface area contributed by atoms with Crippen LogP contribution in [-0.2, 0) is 5.75 Å². The van der Waals surface area contributed by atoms with Crippen LogP contribution in [0.25, 0.3) is 21.7 Å². The molecule has 0 aliphatic rings. The van der Waals surface area contributed by atoms with Gasteiger partial charge in [-0.3, -0.25) is 4.79 Å². The molecule has 0 unspecified atom stereocenters. The van der Waals surface area contributed by atoms with Gasteiger partial charge in [0.1, 0.15) is 10.7 Å². The van der Waals surface area contributed by atoms with Gasteiger partial charge in [0.05, 0.1) is 11.1 Å². The summed E-state index contributed by atoms with van der Waals surface area (Å²) in [5.74, 6) is 1.41. The van der Waals surface area contributed by atoms with Gasteiger partial charge in [0.2, 0.25) is 5.89 Å². The van der Waals surface area contributed by atoms with Crippen LogP contribution in [-0.4, -0.2) is 20.2 Å². The molecule has 9 heteroatoms. The monoisotopic (exact) mass is 404 g/mol. The van der Waals surface area contributed by atoms with Crippen molar-refractivity contribution in [2.45, 2.75) is 24.8 Å². The highest BCUT2D eigenvalue weighted by Crippen LogP contribution is 2.28. The number of H-pyrrole nitrogens is 1. The Balaban J connectivity index is 1.55. The van der Waals surface area contributed by atoms with Crippen LogP contribution in [0.2, 0.25) is 5.02 Å². The molecule has 1 N–H and O–H groups in total. The van der Waals surface area contributed by atoms with Crippen molar-refractivity contribution >= 4 is 44.9 Å². The van der Waals surface area contributed by atoms with Crippen LogP contribution < -0.4 is 5.56 Å². The summed E-state index contributed by atoms with van der Waals surface area (Å²) in [7, 11) is 0. The summed E-state index contributed by atoms with van der Waals surface area (Å²) in [6.07, 6.45) is 0. The molecular weight excluding hydrogens is 392 g/mol. The molecule has 0 spiro atoms. The number of aryl methyl sites for hydroxylation is 2. The minimum absolute atomic E-state index is 0.113. The minimum atomic E-state index is -0.113. The summed E-state index contributed by atoms with van der Waals surface area (Å²) in [6.45, 7) is 3.93. The molecule has 1 aromatic carbocycles. The third-order valence-electron chi connectivity index (χ3n) is 3.90. The summed E-state index contributed by atoms with van der Waals surface area (Å²) in [5.41, 5.74) is 1.63. The number of hydrogen-bond acceptors (Lipinski definition) is 7. The van der Waals surface area contributed by atoms with Gasteiger partial charge in [-0.25, -0.2) is 4.98 Å². The molecule has 3 aromatic heterocycles. The average molecular weight is 405 g/mol. The molecule has 0 bridgehead atoms. The number of nitrogens with zero attached hydrogens (tertiary/aromatic N) is 3. The quantitative estimate of drug-likeness (QED) is 0.500. The first-order valence-corrected chi connectivity index (χ1v) is 9.90. The summed E-state index contributed by atoms with van der Waals surface area (Å²) in [6, 6.07) is 7.22. The van der Waals surface area contributed by atoms with Gasteiger partial charge in [-0.2, -0.15) is 0 Å². The first kappa shape index (κ1) is 17.3. The zero-order valence-corrected chi connectivity index (χ0v) is 16.3. The van der Waals surface area contributed by atoms with Gasteiger partial charge in [0, 0.05) is 15.5 Å². The first-order valence-electron chi connectivity index (χ1n) is 7.72. The summed E-state index contributed by atoms with van der Waals surface area (Å²) < 4.78 is 5.65. The van der Waals surface area contributed by atoms with Crippen molar-refractivity contribution in [3.8, 4) is 11.5 Å². The fraction of sp³-hybridized carbons (Fsp3) is 0.176. The Labute approximate surface area is 161 Å². The third-order valence-corrected chi connectivity index (χ3v) is 6.06. The largest absolute Gasteiger partial charge is 0.411 e. The Morgan fingerprint density at radius 3 is 2.96 bits per heavy atom. The van der Waals surface area contributed by atoms with Gasteiger partial charge < -0.3 is 9.40 Å². The number of rotatable bonds is 4. The number of nitrogens with one attached hydrogen (secondary N) is 1. The van der Waals surface area contributed by atoms with Crippen molar-refractivity contribution in [2.24, 2.45) is 0 Å². The molecule has 4 rings (SSSR count). The predicted molar refractivity (Wildman–Crippen MR) is 104 cm³/mol. The maximum atomic E-state index is 12.3. The Kier molecular flexibility index (Phi) is 4.56. The predicted octanol–water partition coefficient (Wildman–Crippen LogP) is 4.60. The third kappa shape index (κ3) is 3.27. The van der Waals surface area contributed by atoms with E-state index >= 15 is 0 Å². The summed E-state index contributed by atoms with van der Waals surface area (Å²) in [4.78, 5) is 21.5. The molecule has 3 heterocycles. The number of aromatic amines is 1. The summed E-state index contributed by atoms with van der Waals surface area (Å²) in [5, 5.41) is 9.74. The lowest BCUT2D eigenvalue weighted by molar-refractivity contribution is 0.465. The highest BCUT2D eigenvalue weighted by atomic mass is 35.5. The molecule has 26 heavy (non-hydrogen) atoms. The van der Waals surface area contributed by atoms with Crippen molar-refractivity contribution < 1.29 is 4.42 Å². The molecule has 4 aromatic rings. The molecule has 0 amide bonds. The van der Waals surface area contributed by atoms with Crippen LogP contribution >= 0.6 is 34.7 Å². The van der Waals surface area contributed by atoms with Gasteiger partial charge >= 0.3 is 0 Å². The maximum Gasteiger partial charge on any atom is 0.277 e. The van der Waals surface area contributed by atoms with Crippen LogP contribution in [0.15, 0.2) is 38.7 Å². The SMILES string of the molecule is Cc1sc2nc(CSc3nnc(-c4cccc(Cl)c4)o3)[nH]c(=O)c2c1C. The second-order valence-corrected chi connectivity index (χ2v) is 8.21. The molecule has 0 aliphatic carbocycles. The zero-order valence-electron chi connectivity index (χ0n) is 13.9. The highest BCUT2D eigenvalue weighted by Gasteiger charge is 2.14. The van der Waals surface area contributed by atoms with Crippen LogP contribution in [0.3, 0.4) is 0 Å². The molecular formula is C17H13ClN4O2S2. The van der Waals surface area contributed by atoms with E-state index in [0.29, 0.717) is 33.1 Å². The van der Waals surface area contributed by atoms with E-state index in [1.54, 1.807) is 12.1 Å². The molecule has 0 atom stereocenters. The Morgan fingerprint density at radius 1 is 1.31 bits per heavy atom. The minimum Gasteiger partial charge on any atom is -0.411 e. The van der Waals surface area contributed by atoms with Crippen LogP contribution in [0.1, 0.15) is 16.3 Å². The number of thiophene rings is 1. The van der Waals surface area contributed by atoms with Gasteiger partial charge in [-0.15, -0.1) is 21.5 Å². The summed E-state index contributed by atoms with van der Waals surface area (Å²) >= 11 is 8.83. The number of benzene rings is 1. The van der Waals surface area contributed by atoms with E-state index < -0.39 is 0 Å². The Morgan fingerprint density at radius 2 is 2.15 bits per heavy atom. The lowest BCUT2D eigenvalue weighted by Gasteiger charge is -1.99. The van der Waals surface area contributed by atoms with E-state index in [-0.39, 0.29) is 5.56 Å².